The van der Waals surface area contributed by atoms with Gasteiger partial charge in [-0.1, -0.05) is 24.3 Å². The number of fused-ring (bicyclic) bond motifs is 1. The lowest BCUT2D eigenvalue weighted by Crippen LogP contribution is -2.44. The molecule has 6 heteroatoms. The van der Waals surface area contributed by atoms with E-state index in [-0.39, 0.29) is 17.6 Å². The maximum Gasteiger partial charge on any atom is 0.226 e. The molecule has 0 bridgehead atoms. The van der Waals surface area contributed by atoms with E-state index in [9.17, 15) is 13.2 Å². The molecule has 5 nitrogen and oxygen atoms in total. The standard InChI is InChI=1S/C21H22N2O3S/c24-21(19-6-5-17-3-1-2-4-18(17)13-19)23(14-16-7-10-22-11-8-16)20-9-12-27(25,26)15-20/h1-4,7-12,19-20H,5-6,13-15H2. The van der Waals surface area contributed by atoms with Crippen LogP contribution in [0.5, 0.6) is 0 Å². The summed E-state index contributed by atoms with van der Waals surface area (Å²) in [5, 5.41) is 1.24. The van der Waals surface area contributed by atoms with Crippen LogP contribution in [-0.4, -0.2) is 36.0 Å². The zero-order chi connectivity index (χ0) is 18.9. The maximum absolute atomic E-state index is 13.4. The smallest absolute Gasteiger partial charge is 0.226 e. The van der Waals surface area contributed by atoms with E-state index >= 15 is 0 Å². The van der Waals surface area contributed by atoms with Crippen LogP contribution < -0.4 is 0 Å². The van der Waals surface area contributed by atoms with Crippen molar-refractivity contribution in [3.8, 4) is 0 Å². The van der Waals surface area contributed by atoms with E-state index in [1.54, 1.807) is 23.4 Å². The summed E-state index contributed by atoms with van der Waals surface area (Å²) >= 11 is 0. The third-order valence-electron chi connectivity index (χ3n) is 5.39. The Bertz CT molecular complexity index is 970. The molecule has 27 heavy (non-hydrogen) atoms. The van der Waals surface area contributed by atoms with Crippen LogP contribution in [0.3, 0.4) is 0 Å². The first kappa shape index (κ1) is 17.9. The molecule has 0 radical (unpaired) electrons. The normalized spacial score (nSPS) is 23.0. The molecular formula is C21H22N2O3S. The molecule has 0 saturated heterocycles. The van der Waals surface area contributed by atoms with E-state index in [0.717, 1.165) is 18.4 Å². The van der Waals surface area contributed by atoms with E-state index in [1.807, 2.05) is 24.3 Å². The average Bonchev–Trinajstić information content (AvgIpc) is 3.05. The van der Waals surface area contributed by atoms with Gasteiger partial charge in [0.1, 0.15) is 0 Å². The highest BCUT2D eigenvalue weighted by molar-refractivity contribution is 7.94. The number of sulfone groups is 1. The first-order valence-corrected chi connectivity index (χ1v) is 10.9. The van der Waals surface area contributed by atoms with Crippen LogP contribution in [0.1, 0.15) is 23.1 Å². The van der Waals surface area contributed by atoms with Gasteiger partial charge in [0.25, 0.3) is 0 Å². The van der Waals surface area contributed by atoms with Crippen molar-refractivity contribution in [2.75, 3.05) is 5.75 Å². The van der Waals surface area contributed by atoms with Gasteiger partial charge >= 0.3 is 0 Å². The Hall–Kier alpha value is -2.47. The van der Waals surface area contributed by atoms with Gasteiger partial charge in [-0.25, -0.2) is 8.42 Å². The van der Waals surface area contributed by atoms with Crippen LogP contribution in [0.2, 0.25) is 0 Å². The number of amides is 1. The van der Waals surface area contributed by atoms with Gasteiger partial charge in [-0.15, -0.1) is 0 Å². The van der Waals surface area contributed by atoms with Gasteiger partial charge in [0.05, 0.1) is 11.8 Å². The molecule has 0 N–H and O–H groups in total. The second-order valence-electron chi connectivity index (χ2n) is 7.26. The molecule has 4 rings (SSSR count). The van der Waals surface area contributed by atoms with Crippen LogP contribution in [0.4, 0.5) is 0 Å². The fourth-order valence-electron chi connectivity index (χ4n) is 3.94. The fraction of sp³-hybridized carbons (Fsp3) is 0.333. The summed E-state index contributed by atoms with van der Waals surface area (Å²) in [6.07, 6.45) is 7.42. The predicted molar refractivity (Wildman–Crippen MR) is 103 cm³/mol. The van der Waals surface area contributed by atoms with Crippen molar-refractivity contribution in [3.63, 3.8) is 0 Å². The lowest BCUT2D eigenvalue weighted by molar-refractivity contribution is -0.137. The van der Waals surface area contributed by atoms with Crippen molar-refractivity contribution in [1.29, 1.82) is 0 Å². The van der Waals surface area contributed by atoms with E-state index in [0.29, 0.717) is 13.0 Å². The highest BCUT2D eigenvalue weighted by atomic mass is 32.2. The molecule has 2 aromatic rings. The van der Waals surface area contributed by atoms with Crippen molar-refractivity contribution in [3.05, 3.63) is 77.0 Å². The van der Waals surface area contributed by atoms with Crippen LogP contribution in [0.25, 0.3) is 0 Å². The number of carbonyl (C=O) groups is 1. The molecule has 2 heterocycles. The van der Waals surface area contributed by atoms with Gasteiger partial charge in [-0.3, -0.25) is 9.78 Å². The van der Waals surface area contributed by atoms with Crippen LogP contribution >= 0.6 is 0 Å². The van der Waals surface area contributed by atoms with Crippen LogP contribution in [0.15, 0.2) is 60.3 Å². The number of rotatable bonds is 4. The zero-order valence-corrected chi connectivity index (χ0v) is 15.8. The Morgan fingerprint density at radius 3 is 2.56 bits per heavy atom. The Balaban J connectivity index is 1.58. The maximum atomic E-state index is 13.4. The molecule has 1 amide bonds. The van der Waals surface area contributed by atoms with Gasteiger partial charge in [0.15, 0.2) is 9.84 Å². The van der Waals surface area contributed by atoms with Crippen molar-refractivity contribution >= 4 is 15.7 Å². The summed E-state index contributed by atoms with van der Waals surface area (Å²) in [5.74, 6) is -0.112. The van der Waals surface area contributed by atoms with Crippen molar-refractivity contribution in [1.82, 2.24) is 9.88 Å². The summed E-state index contributed by atoms with van der Waals surface area (Å²) in [5.41, 5.74) is 3.48. The SMILES string of the molecule is O=C(C1CCc2ccccc2C1)N(Cc1ccncc1)C1C=CS(=O)(=O)C1. The van der Waals surface area contributed by atoms with Gasteiger partial charge in [-0.05, 0) is 54.2 Å². The third-order valence-corrected chi connectivity index (χ3v) is 6.77. The third kappa shape index (κ3) is 3.95. The minimum absolute atomic E-state index is 0.0346. The number of aromatic nitrogens is 1. The number of benzene rings is 1. The van der Waals surface area contributed by atoms with Gasteiger partial charge in [0.2, 0.25) is 5.91 Å². The van der Waals surface area contributed by atoms with E-state index in [2.05, 4.69) is 17.1 Å². The number of aryl methyl sites for hydroxylation is 1. The Morgan fingerprint density at radius 1 is 1.11 bits per heavy atom. The molecule has 1 aliphatic heterocycles. The molecule has 2 atom stereocenters. The Labute approximate surface area is 159 Å². The number of carbonyl (C=O) groups excluding carboxylic acids is 1. The van der Waals surface area contributed by atoms with Crippen molar-refractivity contribution < 1.29 is 13.2 Å². The molecule has 0 fully saturated rings. The topological polar surface area (TPSA) is 67.3 Å². The number of pyridine rings is 1. The van der Waals surface area contributed by atoms with E-state index in [1.165, 1.54) is 16.5 Å². The predicted octanol–water partition coefficient (Wildman–Crippen LogP) is 2.53. The number of hydrogen-bond donors (Lipinski definition) is 0. The molecule has 1 aromatic heterocycles. The van der Waals surface area contributed by atoms with Crippen LogP contribution in [-0.2, 0) is 34.0 Å². The summed E-state index contributed by atoms with van der Waals surface area (Å²) in [6.45, 7) is 0.393. The lowest BCUT2D eigenvalue weighted by Gasteiger charge is -2.33. The fourth-order valence-corrected chi connectivity index (χ4v) is 5.24. The lowest BCUT2D eigenvalue weighted by atomic mass is 9.83. The van der Waals surface area contributed by atoms with E-state index < -0.39 is 15.9 Å². The first-order valence-electron chi connectivity index (χ1n) is 9.19. The summed E-state index contributed by atoms with van der Waals surface area (Å²) in [7, 11) is -3.23. The molecule has 0 saturated carbocycles. The van der Waals surface area contributed by atoms with Gasteiger partial charge in [-0.2, -0.15) is 0 Å². The first-order chi connectivity index (χ1) is 13.0. The quantitative estimate of drug-likeness (QED) is 0.815. The Morgan fingerprint density at radius 2 is 1.85 bits per heavy atom. The number of nitrogens with zero attached hydrogens (tertiary/aromatic N) is 2. The molecule has 2 aliphatic rings. The second kappa shape index (κ2) is 7.27. The highest BCUT2D eigenvalue weighted by Gasteiger charge is 2.35. The molecule has 2 unspecified atom stereocenters. The number of hydrogen-bond acceptors (Lipinski definition) is 4. The molecule has 0 spiro atoms. The summed E-state index contributed by atoms with van der Waals surface area (Å²) in [6, 6.07) is 11.6. The van der Waals surface area contributed by atoms with Gasteiger partial charge in [0, 0.05) is 30.3 Å². The minimum atomic E-state index is -3.23. The summed E-state index contributed by atoms with van der Waals surface area (Å²) < 4.78 is 23.9. The van der Waals surface area contributed by atoms with E-state index in [4.69, 9.17) is 0 Å². The molecule has 1 aliphatic carbocycles. The molecule has 1 aromatic carbocycles. The molecular weight excluding hydrogens is 360 g/mol. The van der Waals surface area contributed by atoms with Crippen molar-refractivity contribution in [2.45, 2.75) is 31.8 Å². The minimum Gasteiger partial charge on any atom is -0.331 e. The second-order valence-corrected chi connectivity index (χ2v) is 9.19. The largest absolute Gasteiger partial charge is 0.331 e. The highest BCUT2D eigenvalue weighted by Crippen LogP contribution is 2.29. The zero-order valence-electron chi connectivity index (χ0n) is 15.0. The van der Waals surface area contributed by atoms with Crippen LogP contribution in [0, 0.1) is 5.92 Å². The van der Waals surface area contributed by atoms with Crippen molar-refractivity contribution in [2.24, 2.45) is 5.92 Å². The average molecular weight is 382 g/mol. The Kier molecular flexibility index (Phi) is 4.83. The summed E-state index contributed by atoms with van der Waals surface area (Å²) in [4.78, 5) is 19.1. The molecule has 140 valence electrons. The van der Waals surface area contributed by atoms with Gasteiger partial charge < -0.3 is 4.90 Å². The monoisotopic (exact) mass is 382 g/mol.